The second kappa shape index (κ2) is 13.1. The van der Waals surface area contributed by atoms with Crippen molar-refractivity contribution in [3.05, 3.63) is 94.1 Å². The predicted octanol–water partition coefficient (Wildman–Crippen LogP) is 4.73. The van der Waals surface area contributed by atoms with Gasteiger partial charge in [-0.25, -0.2) is 5.43 Å². The van der Waals surface area contributed by atoms with Crippen molar-refractivity contribution >= 4 is 41.4 Å². The van der Waals surface area contributed by atoms with E-state index in [0.29, 0.717) is 23.7 Å². The van der Waals surface area contributed by atoms with Gasteiger partial charge in [-0.15, -0.1) is 0 Å². The molecule has 2 amide bonds. The van der Waals surface area contributed by atoms with E-state index < -0.39 is 11.8 Å². The maximum Gasteiger partial charge on any atom is 0.287 e. The Kier molecular flexibility index (Phi) is 9.69. The van der Waals surface area contributed by atoms with E-state index in [1.807, 2.05) is 50.2 Å². The average Bonchev–Trinajstić information content (AvgIpc) is 2.89. The highest BCUT2D eigenvalue weighted by molar-refractivity contribution is 6.34. The van der Waals surface area contributed by atoms with Gasteiger partial charge in [0.25, 0.3) is 11.8 Å². The Labute approximate surface area is 221 Å². The van der Waals surface area contributed by atoms with Crippen molar-refractivity contribution in [1.82, 2.24) is 10.7 Å². The first-order valence-corrected chi connectivity index (χ1v) is 11.9. The first-order chi connectivity index (χ1) is 17.8. The number of carbonyl (C=O) groups excluding carboxylic acids is 2. The number of ether oxygens (including phenoxy) is 2. The van der Waals surface area contributed by atoms with Crippen LogP contribution >= 0.6 is 11.6 Å². The number of rotatable bonds is 10. The van der Waals surface area contributed by atoms with Crippen LogP contribution in [0.1, 0.15) is 28.4 Å². The van der Waals surface area contributed by atoms with Crippen LogP contribution in [0.25, 0.3) is 6.08 Å². The molecular formula is C28H29ClN4O4. The molecule has 8 nitrogen and oxygen atoms in total. The lowest BCUT2D eigenvalue weighted by Crippen LogP contribution is -2.33. The van der Waals surface area contributed by atoms with Crippen molar-refractivity contribution in [2.45, 2.75) is 6.92 Å². The van der Waals surface area contributed by atoms with E-state index in [4.69, 9.17) is 21.1 Å². The molecule has 0 saturated carbocycles. The molecule has 3 rings (SSSR count). The first kappa shape index (κ1) is 27.3. The molecule has 0 radical (unpaired) electrons. The summed E-state index contributed by atoms with van der Waals surface area (Å²) in [5, 5.41) is 6.97. The summed E-state index contributed by atoms with van der Waals surface area (Å²) in [6, 6.07) is 19.4. The number of anilines is 1. The van der Waals surface area contributed by atoms with Crippen LogP contribution < -0.4 is 25.1 Å². The zero-order valence-corrected chi connectivity index (χ0v) is 21.9. The van der Waals surface area contributed by atoms with Gasteiger partial charge in [-0.1, -0.05) is 35.9 Å². The fraction of sp³-hybridized carbons (Fsp3) is 0.179. The second-order valence-corrected chi connectivity index (χ2v) is 8.43. The highest BCUT2D eigenvalue weighted by atomic mass is 35.5. The molecule has 0 aromatic heterocycles. The standard InChI is InChI=1S/C28H29ClN4O4/c1-5-37-25-15-12-20(17-26(25)36-4)18-30-32-28(35)24(16-19-10-13-21(14-11-19)33(2)3)31-27(34)22-8-6-7-9-23(22)29/h6-18H,5H2,1-4H3,(H,31,34)(H,32,35)/b24-16-,30-18?. The molecule has 9 heteroatoms. The third kappa shape index (κ3) is 7.59. The van der Waals surface area contributed by atoms with Crippen molar-refractivity contribution in [1.29, 1.82) is 0 Å². The lowest BCUT2D eigenvalue weighted by molar-refractivity contribution is -0.117. The number of nitrogens with zero attached hydrogens (tertiary/aromatic N) is 2. The summed E-state index contributed by atoms with van der Waals surface area (Å²) < 4.78 is 10.9. The number of nitrogens with one attached hydrogen (secondary N) is 2. The number of amides is 2. The molecule has 37 heavy (non-hydrogen) atoms. The van der Waals surface area contributed by atoms with Crippen LogP contribution in [0.2, 0.25) is 5.02 Å². The fourth-order valence-electron chi connectivity index (χ4n) is 3.29. The van der Waals surface area contributed by atoms with Gasteiger partial charge in [0.1, 0.15) is 5.70 Å². The van der Waals surface area contributed by atoms with Crippen LogP contribution in [-0.2, 0) is 4.79 Å². The number of methoxy groups -OCH3 is 1. The highest BCUT2D eigenvalue weighted by Crippen LogP contribution is 2.27. The molecule has 0 aliphatic carbocycles. The van der Waals surface area contributed by atoms with Gasteiger partial charge in [-0.05, 0) is 66.6 Å². The van der Waals surface area contributed by atoms with E-state index in [1.165, 1.54) is 6.21 Å². The number of carbonyl (C=O) groups is 2. The van der Waals surface area contributed by atoms with Crippen molar-refractivity contribution in [2.24, 2.45) is 5.10 Å². The highest BCUT2D eigenvalue weighted by Gasteiger charge is 2.16. The summed E-state index contributed by atoms with van der Waals surface area (Å²) in [7, 11) is 5.42. The topological polar surface area (TPSA) is 92.3 Å². The number of halogens is 1. The molecule has 0 atom stereocenters. The second-order valence-electron chi connectivity index (χ2n) is 8.02. The summed E-state index contributed by atoms with van der Waals surface area (Å²) in [5.41, 5.74) is 5.12. The normalized spacial score (nSPS) is 11.2. The Morgan fingerprint density at radius 3 is 2.35 bits per heavy atom. The van der Waals surface area contributed by atoms with Gasteiger partial charge >= 0.3 is 0 Å². The zero-order chi connectivity index (χ0) is 26.8. The van der Waals surface area contributed by atoms with Crippen LogP contribution in [0.3, 0.4) is 0 Å². The molecule has 3 aromatic rings. The van der Waals surface area contributed by atoms with Crippen LogP contribution in [0.5, 0.6) is 11.5 Å². The number of benzene rings is 3. The number of hydrazone groups is 1. The molecule has 0 aliphatic rings. The summed E-state index contributed by atoms with van der Waals surface area (Å²) in [6.45, 7) is 2.39. The SMILES string of the molecule is CCOc1ccc(C=NNC(=O)/C(=C/c2ccc(N(C)C)cc2)NC(=O)c2ccccc2Cl)cc1OC. The van der Waals surface area contributed by atoms with E-state index in [2.05, 4.69) is 15.8 Å². The van der Waals surface area contributed by atoms with Crippen molar-refractivity contribution < 1.29 is 19.1 Å². The minimum absolute atomic E-state index is 0.00365. The monoisotopic (exact) mass is 520 g/mol. The van der Waals surface area contributed by atoms with Gasteiger partial charge in [0.15, 0.2) is 11.5 Å². The Hall–Kier alpha value is -4.30. The largest absolute Gasteiger partial charge is 0.493 e. The van der Waals surface area contributed by atoms with E-state index >= 15 is 0 Å². The molecule has 0 unspecified atom stereocenters. The van der Waals surface area contributed by atoms with Crippen LogP contribution in [0.4, 0.5) is 5.69 Å². The smallest absolute Gasteiger partial charge is 0.287 e. The Bertz CT molecular complexity index is 1300. The lowest BCUT2D eigenvalue weighted by atomic mass is 10.1. The zero-order valence-electron chi connectivity index (χ0n) is 21.1. The summed E-state index contributed by atoms with van der Waals surface area (Å²) in [5.74, 6) is 0.0354. The van der Waals surface area contributed by atoms with Crippen molar-refractivity contribution in [2.75, 3.05) is 32.7 Å². The minimum atomic E-state index is -0.605. The van der Waals surface area contributed by atoms with Crippen LogP contribution in [0.15, 0.2) is 77.5 Å². The van der Waals surface area contributed by atoms with Gasteiger partial charge < -0.3 is 19.7 Å². The average molecular weight is 521 g/mol. The molecule has 0 saturated heterocycles. The maximum absolute atomic E-state index is 13.0. The van der Waals surface area contributed by atoms with E-state index in [9.17, 15) is 9.59 Å². The molecule has 3 aromatic carbocycles. The van der Waals surface area contributed by atoms with Gasteiger partial charge in [-0.3, -0.25) is 9.59 Å². The Morgan fingerprint density at radius 2 is 1.70 bits per heavy atom. The summed E-state index contributed by atoms with van der Waals surface area (Å²) >= 11 is 6.17. The number of hydrogen-bond donors (Lipinski definition) is 2. The molecular weight excluding hydrogens is 492 g/mol. The fourth-order valence-corrected chi connectivity index (χ4v) is 3.52. The molecule has 0 heterocycles. The molecule has 0 bridgehead atoms. The van der Waals surface area contributed by atoms with Crippen molar-refractivity contribution in [3.63, 3.8) is 0 Å². The van der Waals surface area contributed by atoms with Gasteiger partial charge in [0.05, 0.1) is 30.5 Å². The summed E-state index contributed by atoms with van der Waals surface area (Å²) in [4.78, 5) is 27.9. The van der Waals surface area contributed by atoms with Gasteiger partial charge in [-0.2, -0.15) is 5.10 Å². The lowest BCUT2D eigenvalue weighted by Gasteiger charge is -2.13. The molecule has 0 fully saturated rings. The third-order valence-electron chi connectivity index (χ3n) is 5.20. The molecule has 0 aliphatic heterocycles. The first-order valence-electron chi connectivity index (χ1n) is 11.5. The van der Waals surface area contributed by atoms with Crippen LogP contribution in [0, 0.1) is 0 Å². The Balaban J connectivity index is 1.83. The maximum atomic E-state index is 13.0. The predicted molar refractivity (Wildman–Crippen MR) is 148 cm³/mol. The molecule has 0 spiro atoms. The minimum Gasteiger partial charge on any atom is -0.493 e. The number of hydrogen-bond acceptors (Lipinski definition) is 6. The molecule has 2 N–H and O–H groups in total. The van der Waals surface area contributed by atoms with Gasteiger partial charge in [0.2, 0.25) is 0 Å². The summed E-state index contributed by atoms with van der Waals surface area (Å²) in [6.07, 6.45) is 3.04. The van der Waals surface area contributed by atoms with E-state index in [-0.39, 0.29) is 16.3 Å². The third-order valence-corrected chi connectivity index (χ3v) is 5.53. The van der Waals surface area contributed by atoms with E-state index in [1.54, 1.807) is 55.7 Å². The van der Waals surface area contributed by atoms with Crippen LogP contribution in [-0.4, -0.2) is 45.8 Å². The Morgan fingerprint density at radius 1 is 1.00 bits per heavy atom. The quantitative estimate of drug-likeness (QED) is 0.229. The molecule has 192 valence electrons. The van der Waals surface area contributed by atoms with Gasteiger partial charge in [0, 0.05) is 19.8 Å². The van der Waals surface area contributed by atoms with E-state index in [0.717, 1.165) is 11.3 Å². The van der Waals surface area contributed by atoms with Crippen molar-refractivity contribution in [3.8, 4) is 11.5 Å².